The van der Waals surface area contributed by atoms with Crippen LogP contribution in [0.3, 0.4) is 0 Å². The number of halogens is 2. The molecule has 1 aliphatic heterocycles. The molecule has 5 heteroatoms. The molecule has 2 unspecified atom stereocenters. The Balaban J connectivity index is 0.00000120. The van der Waals surface area contributed by atoms with Crippen molar-refractivity contribution >= 4 is 29.9 Å². The van der Waals surface area contributed by atoms with Gasteiger partial charge in [-0.15, -0.1) is 24.0 Å². The molecule has 2 N–H and O–H groups in total. The average Bonchev–Trinajstić information content (AvgIpc) is 2.89. The molecule has 18 heavy (non-hydrogen) atoms. The van der Waals surface area contributed by atoms with Gasteiger partial charge < -0.3 is 10.6 Å². The van der Waals surface area contributed by atoms with Gasteiger partial charge >= 0.3 is 0 Å². The summed E-state index contributed by atoms with van der Waals surface area (Å²) in [4.78, 5) is 6.28. The SMILES string of the molecule is I.NC(=NC1CC1(F)c1ccccc1)N1CCC1. The Morgan fingerprint density at radius 3 is 2.56 bits per heavy atom. The lowest BCUT2D eigenvalue weighted by Gasteiger charge is -2.31. The van der Waals surface area contributed by atoms with E-state index >= 15 is 0 Å². The molecule has 1 heterocycles. The Kier molecular flexibility index (Phi) is 3.79. The fourth-order valence-corrected chi connectivity index (χ4v) is 2.18. The zero-order chi connectivity index (χ0) is 11.9. The van der Waals surface area contributed by atoms with Crippen molar-refractivity contribution in [3.8, 4) is 0 Å². The normalized spacial score (nSPS) is 30.4. The second-order valence-electron chi connectivity index (χ2n) is 4.78. The minimum absolute atomic E-state index is 0. The second-order valence-corrected chi connectivity index (χ2v) is 4.78. The maximum Gasteiger partial charge on any atom is 0.191 e. The Bertz CT molecular complexity index is 447. The van der Waals surface area contributed by atoms with Crippen LogP contribution in [-0.2, 0) is 5.67 Å². The maximum absolute atomic E-state index is 14.5. The van der Waals surface area contributed by atoms with E-state index in [-0.39, 0.29) is 30.0 Å². The van der Waals surface area contributed by atoms with Gasteiger partial charge in [0.15, 0.2) is 11.6 Å². The van der Waals surface area contributed by atoms with Crippen molar-refractivity contribution in [2.75, 3.05) is 13.1 Å². The van der Waals surface area contributed by atoms with Crippen molar-refractivity contribution in [1.29, 1.82) is 0 Å². The summed E-state index contributed by atoms with van der Waals surface area (Å²) in [7, 11) is 0. The molecule has 1 saturated carbocycles. The molecule has 0 aromatic heterocycles. The third kappa shape index (κ3) is 2.32. The van der Waals surface area contributed by atoms with E-state index in [1.165, 1.54) is 0 Å². The first-order valence-electron chi connectivity index (χ1n) is 6.03. The molecule has 2 fully saturated rings. The van der Waals surface area contributed by atoms with Crippen LogP contribution in [0.2, 0.25) is 0 Å². The largest absolute Gasteiger partial charge is 0.370 e. The summed E-state index contributed by atoms with van der Waals surface area (Å²) < 4.78 is 14.5. The van der Waals surface area contributed by atoms with Crippen molar-refractivity contribution in [2.24, 2.45) is 10.7 Å². The molecule has 0 spiro atoms. The van der Waals surface area contributed by atoms with Gasteiger partial charge in [0.2, 0.25) is 0 Å². The first-order valence-corrected chi connectivity index (χ1v) is 6.03. The number of nitrogens with zero attached hydrogens (tertiary/aromatic N) is 2. The van der Waals surface area contributed by atoms with Crippen LogP contribution in [0.1, 0.15) is 18.4 Å². The molecular weight excluding hydrogens is 344 g/mol. The average molecular weight is 361 g/mol. The van der Waals surface area contributed by atoms with Crippen LogP contribution in [0.4, 0.5) is 4.39 Å². The number of hydrogen-bond donors (Lipinski definition) is 1. The summed E-state index contributed by atoms with van der Waals surface area (Å²) in [5.41, 5.74) is 5.25. The van der Waals surface area contributed by atoms with E-state index in [4.69, 9.17) is 5.73 Å². The van der Waals surface area contributed by atoms with E-state index < -0.39 is 5.67 Å². The molecule has 0 bridgehead atoms. The van der Waals surface area contributed by atoms with Crippen molar-refractivity contribution < 1.29 is 4.39 Å². The summed E-state index contributed by atoms with van der Waals surface area (Å²) in [6, 6.07) is 8.93. The van der Waals surface area contributed by atoms with E-state index in [9.17, 15) is 4.39 Å². The number of nitrogens with two attached hydrogens (primary N) is 1. The van der Waals surface area contributed by atoms with Gasteiger partial charge in [0.1, 0.15) is 0 Å². The van der Waals surface area contributed by atoms with E-state index in [1.54, 1.807) is 0 Å². The third-order valence-corrected chi connectivity index (χ3v) is 3.58. The smallest absolute Gasteiger partial charge is 0.191 e. The van der Waals surface area contributed by atoms with E-state index in [0.717, 1.165) is 19.5 Å². The van der Waals surface area contributed by atoms with Gasteiger partial charge in [-0.2, -0.15) is 0 Å². The van der Waals surface area contributed by atoms with Crippen molar-refractivity contribution in [3.63, 3.8) is 0 Å². The second kappa shape index (κ2) is 5.03. The Morgan fingerprint density at radius 1 is 1.33 bits per heavy atom. The lowest BCUT2D eigenvalue weighted by atomic mass is 10.1. The van der Waals surface area contributed by atoms with Crippen LogP contribution >= 0.6 is 24.0 Å². The summed E-state index contributed by atoms with van der Waals surface area (Å²) in [6.45, 7) is 1.90. The molecule has 1 aromatic rings. The number of rotatable bonds is 2. The lowest BCUT2D eigenvalue weighted by molar-refractivity contribution is 0.288. The van der Waals surface area contributed by atoms with Crippen molar-refractivity contribution in [3.05, 3.63) is 35.9 Å². The first-order chi connectivity index (χ1) is 8.20. The van der Waals surface area contributed by atoms with Crippen LogP contribution in [0.5, 0.6) is 0 Å². The molecule has 98 valence electrons. The highest BCUT2D eigenvalue weighted by Gasteiger charge is 2.57. The van der Waals surface area contributed by atoms with Crippen LogP contribution in [0.15, 0.2) is 35.3 Å². The van der Waals surface area contributed by atoms with Gasteiger partial charge in [-0.05, 0) is 12.0 Å². The molecule has 3 nitrogen and oxygen atoms in total. The van der Waals surface area contributed by atoms with Crippen molar-refractivity contribution in [2.45, 2.75) is 24.6 Å². The first kappa shape index (κ1) is 13.6. The van der Waals surface area contributed by atoms with Crippen molar-refractivity contribution in [1.82, 2.24) is 4.90 Å². The standard InChI is InChI=1S/C13H16FN3.HI/c14-13(10-5-2-1-3-6-10)9-11(13)16-12(15)17-7-4-8-17;/h1-3,5-6,11H,4,7-9H2,(H2,15,16);1H. The van der Waals surface area contributed by atoms with E-state index in [1.807, 2.05) is 35.2 Å². The van der Waals surface area contributed by atoms with E-state index in [0.29, 0.717) is 17.9 Å². The Hall–Kier alpha value is -0.850. The van der Waals surface area contributed by atoms with Gasteiger partial charge in [0.05, 0.1) is 6.04 Å². The lowest BCUT2D eigenvalue weighted by Crippen LogP contribution is -2.46. The van der Waals surface area contributed by atoms with Gasteiger partial charge in [-0.1, -0.05) is 30.3 Å². The molecule has 0 radical (unpaired) electrons. The number of aliphatic imine (C=N–C) groups is 1. The van der Waals surface area contributed by atoms with Gasteiger partial charge in [-0.25, -0.2) is 9.38 Å². The molecule has 1 aliphatic carbocycles. The fraction of sp³-hybridized carbons (Fsp3) is 0.462. The predicted octanol–water partition coefficient (Wildman–Crippen LogP) is 2.26. The number of alkyl halides is 1. The highest BCUT2D eigenvalue weighted by molar-refractivity contribution is 14.0. The highest BCUT2D eigenvalue weighted by Crippen LogP contribution is 2.52. The van der Waals surface area contributed by atoms with Crippen LogP contribution < -0.4 is 5.73 Å². The van der Waals surface area contributed by atoms with Crippen LogP contribution in [-0.4, -0.2) is 30.0 Å². The topological polar surface area (TPSA) is 41.6 Å². The van der Waals surface area contributed by atoms with Crippen LogP contribution in [0, 0.1) is 0 Å². The monoisotopic (exact) mass is 361 g/mol. The number of guanidine groups is 1. The zero-order valence-corrected chi connectivity index (χ0v) is 12.4. The molecule has 1 aromatic carbocycles. The Labute approximate surface area is 123 Å². The molecule has 1 saturated heterocycles. The molecule has 2 aliphatic rings. The Morgan fingerprint density at radius 2 is 2.00 bits per heavy atom. The number of benzene rings is 1. The minimum atomic E-state index is -1.29. The van der Waals surface area contributed by atoms with E-state index in [2.05, 4.69) is 4.99 Å². The predicted molar refractivity (Wildman–Crippen MR) is 80.9 cm³/mol. The van der Waals surface area contributed by atoms with Gasteiger partial charge in [0.25, 0.3) is 0 Å². The van der Waals surface area contributed by atoms with Gasteiger partial charge in [0, 0.05) is 19.5 Å². The summed E-state index contributed by atoms with van der Waals surface area (Å²) in [6.07, 6.45) is 1.60. The maximum atomic E-state index is 14.5. The molecule has 0 amide bonds. The molecule has 2 atom stereocenters. The number of likely N-dealkylation sites (tertiary alicyclic amines) is 1. The van der Waals surface area contributed by atoms with Gasteiger partial charge in [-0.3, -0.25) is 0 Å². The summed E-state index contributed by atoms with van der Waals surface area (Å²) >= 11 is 0. The summed E-state index contributed by atoms with van der Waals surface area (Å²) in [5.74, 6) is 0.497. The third-order valence-electron chi connectivity index (χ3n) is 3.58. The molecule has 3 rings (SSSR count). The molecular formula is C13H17FIN3. The summed E-state index contributed by atoms with van der Waals surface area (Å²) in [5, 5.41) is 0. The quantitative estimate of drug-likeness (QED) is 0.499. The van der Waals surface area contributed by atoms with Crippen LogP contribution in [0.25, 0.3) is 0 Å². The fourth-order valence-electron chi connectivity index (χ4n) is 2.18. The highest BCUT2D eigenvalue weighted by atomic mass is 127. The zero-order valence-electron chi connectivity index (χ0n) is 10.1. The number of hydrogen-bond acceptors (Lipinski definition) is 1. The minimum Gasteiger partial charge on any atom is -0.370 e.